The van der Waals surface area contributed by atoms with Gasteiger partial charge in [0, 0.05) is 16.2 Å². The van der Waals surface area contributed by atoms with E-state index in [1.54, 1.807) is 11.8 Å². The zero-order valence-corrected chi connectivity index (χ0v) is 13.9. The molecule has 0 saturated carbocycles. The van der Waals surface area contributed by atoms with E-state index < -0.39 is 0 Å². The smallest absolute Gasteiger partial charge is 0.133 e. The van der Waals surface area contributed by atoms with Gasteiger partial charge in [-0.1, -0.05) is 36.3 Å². The van der Waals surface area contributed by atoms with E-state index in [0.717, 1.165) is 29.1 Å². The number of hydrogen-bond acceptors (Lipinski definition) is 3. The normalized spacial score (nSPS) is 14.5. The summed E-state index contributed by atoms with van der Waals surface area (Å²) in [7, 11) is 0. The molecule has 2 nitrogen and oxygen atoms in total. The number of aromatic amines is 1. The molecule has 4 heteroatoms. The third kappa shape index (κ3) is 3.74. The summed E-state index contributed by atoms with van der Waals surface area (Å²) in [5.41, 5.74) is 3.90. The molecule has 1 aliphatic carbocycles. The van der Waals surface area contributed by atoms with Gasteiger partial charge in [0.15, 0.2) is 0 Å². The molecule has 0 bridgehead atoms. The highest BCUT2D eigenvalue weighted by Crippen LogP contribution is 2.24. The summed E-state index contributed by atoms with van der Waals surface area (Å²) in [6, 6.07) is 8.63. The second-order valence-corrected chi connectivity index (χ2v) is 7.04. The summed E-state index contributed by atoms with van der Waals surface area (Å²) >= 11 is 7.30. The Morgan fingerprint density at radius 2 is 1.90 bits per heavy atom. The van der Waals surface area contributed by atoms with E-state index in [1.807, 2.05) is 0 Å². The molecule has 1 aliphatic rings. The van der Waals surface area contributed by atoms with Crippen LogP contribution in [0, 0.1) is 11.6 Å². The Bertz CT molecular complexity index is 674. The number of nitrogens with zero attached hydrogens (tertiary/aromatic N) is 1. The van der Waals surface area contributed by atoms with Crippen molar-refractivity contribution in [3.63, 3.8) is 0 Å². The van der Waals surface area contributed by atoms with Gasteiger partial charge in [-0.2, -0.15) is 0 Å². The number of benzene rings is 1. The first-order valence-corrected chi connectivity index (χ1v) is 8.92. The van der Waals surface area contributed by atoms with Crippen LogP contribution in [0.15, 0.2) is 29.2 Å². The van der Waals surface area contributed by atoms with E-state index in [1.165, 1.54) is 41.0 Å². The van der Waals surface area contributed by atoms with E-state index in [4.69, 9.17) is 12.2 Å². The Kier molecular flexibility index (Phi) is 4.76. The standard InChI is InChI=1S/C17H20N2S2/c1-12-7-9-13(10-8-12)21-11-16-18-15-6-4-2-3-5-14(15)17(20)19-16/h7-10H,2-6,11H2,1H3,(H,18,19,20). The van der Waals surface area contributed by atoms with Gasteiger partial charge in [0.1, 0.15) is 10.5 Å². The lowest BCUT2D eigenvalue weighted by molar-refractivity contribution is 0.708. The van der Waals surface area contributed by atoms with Crippen LogP contribution < -0.4 is 0 Å². The SMILES string of the molecule is Cc1ccc(SCc2nc(=S)c3c([nH]2)CCCCC3)cc1. The van der Waals surface area contributed by atoms with Crippen LogP contribution in [0.3, 0.4) is 0 Å². The molecule has 0 atom stereocenters. The molecule has 0 fully saturated rings. The summed E-state index contributed by atoms with van der Waals surface area (Å²) < 4.78 is 0.810. The molecule has 1 heterocycles. The number of hydrogen-bond donors (Lipinski definition) is 1. The number of thioether (sulfide) groups is 1. The lowest BCUT2D eigenvalue weighted by Crippen LogP contribution is -2.03. The van der Waals surface area contributed by atoms with Gasteiger partial charge in [0.25, 0.3) is 0 Å². The minimum absolute atomic E-state index is 0.810. The molecular formula is C17H20N2S2. The average molecular weight is 316 g/mol. The van der Waals surface area contributed by atoms with Gasteiger partial charge in [-0.15, -0.1) is 11.8 Å². The molecule has 21 heavy (non-hydrogen) atoms. The highest BCUT2D eigenvalue weighted by molar-refractivity contribution is 7.98. The largest absolute Gasteiger partial charge is 0.346 e. The number of aryl methyl sites for hydroxylation is 2. The van der Waals surface area contributed by atoms with E-state index in [9.17, 15) is 0 Å². The molecule has 3 rings (SSSR count). The van der Waals surface area contributed by atoms with E-state index in [-0.39, 0.29) is 0 Å². The molecule has 2 aromatic rings. The minimum Gasteiger partial charge on any atom is -0.346 e. The van der Waals surface area contributed by atoms with Gasteiger partial charge >= 0.3 is 0 Å². The van der Waals surface area contributed by atoms with Gasteiger partial charge in [0.2, 0.25) is 0 Å². The Hall–Kier alpha value is -1.13. The average Bonchev–Trinajstić information content (AvgIpc) is 2.72. The third-order valence-electron chi connectivity index (χ3n) is 3.90. The molecule has 0 amide bonds. The Balaban J connectivity index is 1.77. The highest BCUT2D eigenvalue weighted by atomic mass is 32.2. The third-order valence-corrected chi connectivity index (χ3v) is 5.27. The minimum atomic E-state index is 0.810. The van der Waals surface area contributed by atoms with Crippen molar-refractivity contribution < 1.29 is 0 Å². The number of nitrogens with one attached hydrogen (secondary N) is 1. The molecule has 110 valence electrons. The van der Waals surface area contributed by atoms with Gasteiger partial charge in [-0.05, 0) is 44.7 Å². The summed E-state index contributed by atoms with van der Waals surface area (Å²) in [5, 5.41) is 0. The number of fused-ring (bicyclic) bond motifs is 1. The summed E-state index contributed by atoms with van der Waals surface area (Å²) in [5.74, 6) is 1.85. The fourth-order valence-electron chi connectivity index (χ4n) is 2.70. The number of H-pyrrole nitrogens is 1. The Morgan fingerprint density at radius 1 is 1.14 bits per heavy atom. The van der Waals surface area contributed by atoms with Gasteiger partial charge in [0.05, 0.1) is 5.75 Å². The van der Waals surface area contributed by atoms with Crippen LogP contribution in [0.2, 0.25) is 0 Å². The summed E-state index contributed by atoms with van der Waals surface area (Å²) in [6.45, 7) is 2.11. The van der Waals surface area contributed by atoms with Gasteiger partial charge in [-0.3, -0.25) is 0 Å². The van der Waals surface area contributed by atoms with Crippen LogP contribution in [0.5, 0.6) is 0 Å². The molecule has 1 aromatic heterocycles. The maximum atomic E-state index is 5.49. The van der Waals surface area contributed by atoms with Gasteiger partial charge < -0.3 is 4.98 Å². The lowest BCUT2D eigenvalue weighted by Gasteiger charge is -2.09. The van der Waals surface area contributed by atoms with Crippen molar-refractivity contribution in [2.45, 2.75) is 49.7 Å². The Morgan fingerprint density at radius 3 is 2.71 bits per heavy atom. The quantitative estimate of drug-likeness (QED) is 0.490. The molecule has 0 aliphatic heterocycles. The summed E-state index contributed by atoms with van der Waals surface area (Å²) in [4.78, 5) is 9.40. The topological polar surface area (TPSA) is 28.7 Å². The number of aromatic nitrogens is 2. The number of rotatable bonds is 3. The molecule has 0 saturated heterocycles. The van der Waals surface area contributed by atoms with Crippen molar-refractivity contribution >= 4 is 24.0 Å². The van der Waals surface area contributed by atoms with Crippen LogP contribution in [-0.2, 0) is 18.6 Å². The lowest BCUT2D eigenvalue weighted by atomic mass is 10.1. The van der Waals surface area contributed by atoms with Crippen LogP contribution in [0.4, 0.5) is 0 Å². The fraction of sp³-hybridized carbons (Fsp3) is 0.412. The zero-order valence-electron chi connectivity index (χ0n) is 12.3. The second kappa shape index (κ2) is 6.75. The van der Waals surface area contributed by atoms with Crippen molar-refractivity contribution in [1.82, 2.24) is 9.97 Å². The van der Waals surface area contributed by atoms with Crippen molar-refractivity contribution in [1.29, 1.82) is 0 Å². The first-order chi connectivity index (χ1) is 10.2. The monoisotopic (exact) mass is 316 g/mol. The van der Waals surface area contributed by atoms with Crippen molar-refractivity contribution in [2.75, 3.05) is 0 Å². The van der Waals surface area contributed by atoms with Gasteiger partial charge in [-0.25, -0.2) is 4.98 Å². The predicted molar refractivity (Wildman–Crippen MR) is 91.4 cm³/mol. The maximum Gasteiger partial charge on any atom is 0.133 e. The molecular weight excluding hydrogens is 296 g/mol. The summed E-state index contributed by atoms with van der Waals surface area (Å²) in [6.07, 6.45) is 5.99. The zero-order chi connectivity index (χ0) is 14.7. The first-order valence-electron chi connectivity index (χ1n) is 7.53. The van der Waals surface area contributed by atoms with Crippen LogP contribution in [-0.4, -0.2) is 9.97 Å². The Labute approximate surface area is 135 Å². The molecule has 1 aromatic carbocycles. The van der Waals surface area contributed by atoms with E-state index in [2.05, 4.69) is 41.2 Å². The van der Waals surface area contributed by atoms with Crippen molar-refractivity contribution in [2.24, 2.45) is 0 Å². The van der Waals surface area contributed by atoms with Crippen LogP contribution in [0.1, 0.15) is 41.9 Å². The molecule has 0 unspecified atom stereocenters. The van der Waals surface area contributed by atoms with Crippen molar-refractivity contribution in [3.8, 4) is 0 Å². The van der Waals surface area contributed by atoms with E-state index >= 15 is 0 Å². The molecule has 0 radical (unpaired) electrons. The van der Waals surface area contributed by atoms with E-state index in [0.29, 0.717) is 0 Å². The molecule has 0 spiro atoms. The van der Waals surface area contributed by atoms with Crippen molar-refractivity contribution in [3.05, 3.63) is 51.6 Å². The highest BCUT2D eigenvalue weighted by Gasteiger charge is 2.12. The second-order valence-electron chi connectivity index (χ2n) is 5.61. The molecule has 1 N–H and O–H groups in total. The maximum absolute atomic E-state index is 5.49. The predicted octanol–water partition coefficient (Wildman–Crippen LogP) is 5.01. The van der Waals surface area contributed by atoms with Crippen LogP contribution in [0.25, 0.3) is 0 Å². The fourth-order valence-corrected chi connectivity index (χ4v) is 3.81. The van der Waals surface area contributed by atoms with Crippen LogP contribution >= 0.6 is 24.0 Å². The first kappa shape index (κ1) is 14.8.